The summed E-state index contributed by atoms with van der Waals surface area (Å²) in [5.41, 5.74) is 8.62. The first kappa shape index (κ1) is 20.3. The fourth-order valence-corrected chi connectivity index (χ4v) is 1.75. The lowest BCUT2D eigenvalue weighted by Crippen LogP contribution is -2.49. The molecule has 0 aliphatic rings. The third kappa shape index (κ3) is 4.86. The first-order valence-corrected chi connectivity index (χ1v) is 6.65. The number of primary amides is 1. The van der Waals surface area contributed by atoms with Crippen molar-refractivity contribution in [2.75, 3.05) is 13.1 Å². The Hall–Kier alpha value is -2.76. The minimum absolute atomic E-state index is 0.420. The molecule has 1 aromatic carbocycles. The summed E-state index contributed by atoms with van der Waals surface area (Å²) in [7, 11) is 0. The van der Waals surface area contributed by atoms with Gasteiger partial charge in [0.25, 0.3) is 0 Å². The van der Waals surface area contributed by atoms with Gasteiger partial charge >= 0.3 is 0 Å². The molecule has 0 radical (unpaired) electrons. The highest BCUT2D eigenvalue weighted by Crippen LogP contribution is 2.24. The molecule has 0 bridgehead atoms. The molecule has 12 heteroatoms. The number of benzene rings is 1. The third-order valence-electron chi connectivity index (χ3n) is 3.02. The number of nitrogens with two attached hydrogens (primary N) is 2. The van der Waals surface area contributed by atoms with E-state index in [4.69, 9.17) is 11.5 Å². The molecule has 0 spiro atoms. The van der Waals surface area contributed by atoms with Gasteiger partial charge in [0.05, 0.1) is 13.1 Å². The zero-order valence-electron chi connectivity index (χ0n) is 12.5. The van der Waals surface area contributed by atoms with Crippen LogP contribution in [0.15, 0.2) is 0 Å². The SMILES string of the molecule is NCC(=O)NCC(=O)N[C@@H](Cc1c(F)c(F)c(F)c(F)c1F)C(N)=O. The fourth-order valence-electron chi connectivity index (χ4n) is 1.75. The van der Waals surface area contributed by atoms with Gasteiger partial charge in [-0.2, -0.15) is 0 Å². The van der Waals surface area contributed by atoms with Crippen molar-refractivity contribution in [3.63, 3.8) is 0 Å². The zero-order chi connectivity index (χ0) is 19.3. The lowest BCUT2D eigenvalue weighted by atomic mass is 10.0. The second-order valence-electron chi connectivity index (χ2n) is 4.76. The number of amides is 3. The van der Waals surface area contributed by atoms with Crippen LogP contribution in [0, 0.1) is 29.1 Å². The van der Waals surface area contributed by atoms with Crippen LogP contribution in [0.2, 0.25) is 0 Å². The Morgan fingerprint density at radius 2 is 1.36 bits per heavy atom. The molecule has 0 saturated carbocycles. The maximum Gasteiger partial charge on any atom is 0.240 e. The summed E-state index contributed by atoms with van der Waals surface area (Å²) in [4.78, 5) is 33.7. The number of carbonyl (C=O) groups is 3. The van der Waals surface area contributed by atoms with E-state index in [9.17, 15) is 36.3 Å². The van der Waals surface area contributed by atoms with Gasteiger partial charge < -0.3 is 22.1 Å². The van der Waals surface area contributed by atoms with Crippen molar-refractivity contribution >= 4 is 17.7 Å². The summed E-state index contributed by atoms with van der Waals surface area (Å²) >= 11 is 0. The number of hydrogen-bond donors (Lipinski definition) is 4. The topological polar surface area (TPSA) is 127 Å². The summed E-state index contributed by atoms with van der Waals surface area (Å²) in [5, 5.41) is 3.95. The monoisotopic (exact) mass is 368 g/mol. The van der Waals surface area contributed by atoms with E-state index in [1.54, 1.807) is 0 Å². The largest absolute Gasteiger partial charge is 0.368 e. The molecule has 1 atom stereocenters. The van der Waals surface area contributed by atoms with Gasteiger partial charge in [0.2, 0.25) is 23.5 Å². The average molecular weight is 368 g/mol. The Morgan fingerprint density at radius 3 is 1.80 bits per heavy atom. The quantitative estimate of drug-likeness (QED) is 0.279. The molecule has 1 rings (SSSR count). The number of halogens is 5. The normalized spacial score (nSPS) is 11.8. The minimum atomic E-state index is -2.36. The number of nitrogens with one attached hydrogen (secondary N) is 2. The van der Waals surface area contributed by atoms with Gasteiger partial charge in [-0.3, -0.25) is 14.4 Å². The van der Waals surface area contributed by atoms with Gasteiger partial charge in [0.1, 0.15) is 6.04 Å². The van der Waals surface area contributed by atoms with Crippen LogP contribution in [-0.2, 0) is 20.8 Å². The van der Waals surface area contributed by atoms with Crippen LogP contribution in [0.3, 0.4) is 0 Å². The number of hydrogen-bond acceptors (Lipinski definition) is 4. The lowest BCUT2D eigenvalue weighted by Gasteiger charge is -2.17. The summed E-state index contributed by atoms with van der Waals surface area (Å²) in [6.07, 6.45) is -1.09. The Labute approximate surface area is 137 Å². The standard InChI is InChI=1S/C13H13F5N4O3/c14-8-4(9(15)11(17)12(18)10(8)16)1-5(13(20)25)22-7(24)3-21-6(23)2-19/h5H,1-3,19H2,(H2,20,25)(H,21,23)(H,22,24)/t5-/m0/s1. The van der Waals surface area contributed by atoms with Gasteiger partial charge in [-0.25, -0.2) is 22.0 Å². The first-order chi connectivity index (χ1) is 11.6. The fraction of sp³-hybridized carbons (Fsp3) is 0.308. The maximum atomic E-state index is 13.6. The highest BCUT2D eigenvalue weighted by Gasteiger charge is 2.29. The molecule has 1 aromatic rings. The van der Waals surface area contributed by atoms with Crippen LogP contribution in [-0.4, -0.2) is 36.9 Å². The van der Waals surface area contributed by atoms with Crippen molar-refractivity contribution < 1.29 is 36.3 Å². The molecular weight excluding hydrogens is 355 g/mol. The smallest absolute Gasteiger partial charge is 0.240 e. The van der Waals surface area contributed by atoms with E-state index < -0.39 is 77.9 Å². The van der Waals surface area contributed by atoms with Crippen LogP contribution in [0.4, 0.5) is 22.0 Å². The number of carbonyl (C=O) groups excluding carboxylic acids is 3. The van der Waals surface area contributed by atoms with Gasteiger partial charge in [0, 0.05) is 12.0 Å². The second kappa shape index (κ2) is 8.37. The molecule has 3 amide bonds. The zero-order valence-corrected chi connectivity index (χ0v) is 12.5. The van der Waals surface area contributed by atoms with Crippen molar-refractivity contribution in [3.8, 4) is 0 Å². The van der Waals surface area contributed by atoms with E-state index in [0.29, 0.717) is 0 Å². The molecule has 0 heterocycles. The van der Waals surface area contributed by atoms with Gasteiger partial charge in [-0.15, -0.1) is 0 Å². The molecule has 0 fully saturated rings. The van der Waals surface area contributed by atoms with Crippen LogP contribution < -0.4 is 22.1 Å². The summed E-state index contributed by atoms with van der Waals surface area (Å²) in [5.74, 6) is -14.0. The Kier molecular flexibility index (Phi) is 6.79. The van der Waals surface area contributed by atoms with E-state index in [2.05, 4.69) is 0 Å². The van der Waals surface area contributed by atoms with Crippen molar-refractivity contribution in [2.24, 2.45) is 11.5 Å². The average Bonchev–Trinajstić information content (AvgIpc) is 2.58. The van der Waals surface area contributed by atoms with Crippen LogP contribution in [0.5, 0.6) is 0 Å². The molecule has 0 aliphatic carbocycles. The Bertz CT molecular complexity index is 684. The van der Waals surface area contributed by atoms with Gasteiger partial charge in [0.15, 0.2) is 23.3 Å². The predicted octanol–water partition coefficient (Wildman–Crippen LogP) is -1.03. The highest BCUT2D eigenvalue weighted by atomic mass is 19.2. The Balaban J connectivity index is 2.99. The van der Waals surface area contributed by atoms with Crippen molar-refractivity contribution in [1.82, 2.24) is 10.6 Å². The van der Waals surface area contributed by atoms with Gasteiger partial charge in [-0.1, -0.05) is 0 Å². The highest BCUT2D eigenvalue weighted by molar-refractivity contribution is 5.89. The van der Waals surface area contributed by atoms with E-state index in [0.717, 1.165) is 0 Å². The minimum Gasteiger partial charge on any atom is -0.368 e. The van der Waals surface area contributed by atoms with Gasteiger partial charge in [-0.05, 0) is 0 Å². The molecule has 0 aliphatic heterocycles. The van der Waals surface area contributed by atoms with E-state index in [1.165, 1.54) is 0 Å². The summed E-state index contributed by atoms with van der Waals surface area (Å²) < 4.78 is 66.5. The summed E-state index contributed by atoms with van der Waals surface area (Å²) in [6.45, 7) is -1.06. The molecule has 25 heavy (non-hydrogen) atoms. The van der Waals surface area contributed by atoms with Crippen LogP contribution >= 0.6 is 0 Å². The van der Waals surface area contributed by atoms with Crippen molar-refractivity contribution in [3.05, 3.63) is 34.6 Å². The third-order valence-corrected chi connectivity index (χ3v) is 3.02. The van der Waals surface area contributed by atoms with E-state index in [1.807, 2.05) is 10.6 Å². The van der Waals surface area contributed by atoms with Crippen LogP contribution in [0.1, 0.15) is 5.56 Å². The lowest BCUT2D eigenvalue weighted by molar-refractivity contribution is -0.128. The Morgan fingerprint density at radius 1 is 0.880 bits per heavy atom. The molecule has 0 aromatic heterocycles. The molecule has 6 N–H and O–H groups in total. The second-order valence-corrected chi connectivity index (χ2v) is 4.76. The molecule has 0 saturated heterocycles. The molecule has 0 unspecified atom stereocenters. The maximum absolute atomic E-state index is 13.6. The summed E-state index contributed by atoms with van der Waals surface area (Å²) in [6, 6.07) is -1.78. The van der Waals surface area contributed by atoms with Crippen molar-refractivity contribution in [2.45, 2.75) is 12.5 Å². The predicted molar refractivity (Wildman–Crippen MR) is 73.1 cm³/mol. The van der Waals surface area contributed by atoms with Crippen LogP contribution in [0.25, 0.3) is 0 Å². The number of rotatable bonds is 7. The first-order valence-electron chi connectivity index (χ1n) is 6.65. The molecule has 7 nitrogen and oxygen atoms in total. The molecule has 138 valence electrons. The van der Waals surface area contributed by atoms with E-state index >= 15 is 0 Å². The van der Waals surface area contributed by atoms with Crippen molar-refractivity contribution in [1.29, 1.82) is 0 Å². The molecular formula is C13H13F5N4O3. The van der Waals surface area contributed by atoms with E-state index in [-0.39, 0.29) is 0 Å².